The van der Waals surface area contributed by atoms with E-state index >= 15 is 0 Å². The zero-order chi connectivity index (χ0) is 15.6. The summed E-state index contributed by atoms with van der Waals surface area (Å²) in [5.74, 6) is -1.46. The Hall–Kier alpha value is -2.09. The summed E-state index contributed by atoms with van der Waals surface area (Å²) in [4.78, 5) is 0. The highest BCUT2D eigenvalue weighted by molar-refractivity contribution is 5.32. The van der Waals surface area contributed by atoms with Gasteiger partial charge in [0.2, 0.25) is 0 Å². The van der Waals surface area contributed by atoms with Crippen LogP contribution in [-0.4, -0.2) is 16.3 Å². The third-order valence-corrected chi connectivity index (χ3v) is 2.83. The van der Waals surface area contributed by atoms with Gasteiger partial charge in [0.05, 0.1) is 11.8 Å². The monoisotopic (exact) mass is 303 g/mol. The van der Waals surface area contributed by atoms with Crippen LogP contribution in [0.1, 0.15) is 17.2 Å². The largest absolute Gasteiger partial charge is 0.484 e. The molecule has 0 aliphatic heterocycles. The number of hydrogen-bond acceptors (Lipinski definition) is 3. The number of nitrogens with two attached hydrogens (primary N) is 1. The van der Waals surface area contributed by atoms with Crippen molar-refractivity contribution < 1.29 is 22.3 Å². The highest BCUT2D eigenvalue weighted by Crippen LogP contribution is 2.34. The fourth-order valence-electron chi connectivity index (χ4n) is 1.82. The van der Waals surface area contributed by atoms with Crippen molar-refractivity contribution in [3.8, 4) is 5.75 Å². The maximum atomic E-state index is 13.2. The highest BCUT2D eigenvalue weighted by Gasteiger charge is 2.34. The van der Waals surface area contributed by atoms with Crippen LogP contribution in [0.3, 0.4) is 0 Å². The molecule has 8 heteroatoms. The Morgan fingerprint density at radius 2 is 2.10 bits per heavy atom. The number of halogens is 4. The van der Waals surface area contributed by atoms with Crippen LogP contribution in [0.2, 0.25) is 0 Å². The maximum Gasteiger partial charge on any atom is 0.419 e. The Bertz CT molecular complexity index is 624. The Kier molecular flexibility index (Phi) is 4.17. The Morgan fingerprint density at radius 3 is 2.62 bits per heavy atom. The van der Waals surface area contributed by atoms with E-state index in [4.69, 9.17) is 10.5 Å². The summed E-state index contributed by atoms with van der Waals surface area (Å²) < 4.78 is 58.0. The molecule has 0 fully saturated rings. The molecule has 2 aromatic rings. The number of nitrogens with zero attached hydrogens (tertiary/aromatic N) is 2. The van der Waals surface area contributed by atoms with Crippen LogP contribution in [0.4, 0.5) is 17.6 Å². The van der Waals surface area contributed by atoms with E-state index in [1.165, 1.54) is 10.9 Å². The van der Waals surface area contributed by atoms with E-state index in [0.29, 0.717) is 11.6 Å². The number of benzene rings is 1. The van der Waals surface area contributed by atoms with Crippen molar-refractivity contribution >= 4 is 0 Å². The van der Waals surface area contributed by atoms with Crippen molar-refractivity contribution in [2.45, 2.75) is 12.3 Å². The van der Waals surface area contributed by atoms with Gasteiger partial charge in [-0.2, -0.15) is 18.3 Å². The molecule has 114 valence electrons. The fraction of sp³-hybridized carbons (Fsp3) is 0.308. The minimum atomic E-state index is -4.78. The van der Waals surface area contributed by atoms with Gasteiger partial charge in [-0.3, -0.25) is 4.68 Å². The predicted molar refractivity (Wildman–Crippen MR) is 67.0 cm³/mol. The summed E-state index contributed by atoms with van der Waals surface area (Å²) in [6.07, 6.45) is -2.29. The van der Waals surface area contributed by atoms with Gasteiger partial charge in [-0.1, -0.05) is 0 Å². The predicted octanol–water partition coefficient (Wildman–Crippen LogP) is 2.66. The van der Waals surface area contributed by atoms with E-state index in [1.807, 2.05) is 0 Å². The molecule has 0 aliphatic rings. The maximum absolute atomic E-state index is 13.2. The lowest BCUT2D eigenvalue weighted by molar-refractivity contribution is -0.140. The van der Waals surface area contributed by atoms with E-state index in [0.717, 1.165) is 12.1 Å². The molecule has 21 heavy (non-hydrogen) atoms. The van der Waals surface area contributed by atoms with Crippen molar-refractivity contribution in [1.29, 1.82) is 0 Å². The zero-order valence-corrected chi connectivity index (χ0v) is 11.1. The van der Waals surface area contributed by atoms with E-state index in [-0.39, 0.29) is 12.3 Å². The third kappa shape index (κ3) is 3.52. The summed E-state index contributed by atoms with van der Waals surface area (Å²) in [5.41, 5.74) is 4.81. The van der Waals surface area contributed by atoms with Gasteiger partial charge in [-0.25, -0.2) is 4.39 Å². The fourth-order valence-corrected chi connectivity index (χ4v) is 1.82. The first-order valence-electron chi connectivity index (χ1n) is 6.03. The van der Waals surface area contributed by atoms with Crippen molar-refractivity contribution in [3.05, 3.63) is 47.5 Å². The normalized spacial score (nSPS) is 13.2. The lowest BCUT2D eigenvalue weighted by Crippen LogP contribution is -2.18. The summed E-state index contributed by atoms with van der Waals surface area (Å²) in [6.45, 7) is 0.0461. The molecule has 1 heterocycles. The molecule has 0 aliphatic carbocycles. The van der Waals surface area contributed by atoms with Crippen LogP contribution in [0.25, 0.3) is 0 Å². The van der Waals surface area contributed by atoms with Crippen molar-refractivity contribution in [1.82, 2.24) is 9.78 Å². The van der Waals surface area contributed by atoms with E-state index in [2.05, 4.69) is 5.10 Å². The minimum absolute atomic E-state index is 0.0461. The van der Waals surface area contributed by atoms with Gasteiger partial charge < -0.3 is 10.5 Å². The first-order valence-corrected chi connectivity index (χ1v) is 6.03. The molecule has 1 unspecified atom stereocenters. The van der Waals surface area contributed by atoms with Crippen LogP contribution >= 0.6 is 0 Å². The molecule has 2 N–H and O–H groups in total. The lowest BCUT2D eigenvalue weighted by atomic mass is 10.1. The number of rotatable bonds is 4. The molecule has 2 rings (SSSR count). The lowest BCUT2D eigenvalue weighted by Gasteiger charge is -2.17. The van der Waals surface area contributed by atoms with Crippen LogP contribution in [0.15, 0.2) is 30.6 Å². The molecular formula is C13H13F4N3O. The standard InChI is InChI=1S/C13H13F4N3O/c1-20-7-8(6-19-20)12(5-18)21-9-2-3-11(14)10(4-9)13(15,16)17/h2-4,6-7,12H,5,18H2,1H3. The van der Waals surface area contributed by atoms with Crippen molar-refractivity contribution in [2.75, 3.05) is 6.54 Å². The Labute approximate surface area is 118 Å². The second-order valence-corrected chi connectivity index (χ2v) is 4.43. The molecule has 1 aromatic heterocycles. The first kappa shape index (κ1) is 15.3. The van der Waals surface area contributed by atoms with E-state index in [1.54, 1.807) is 13.2 Å². The first-order chi connectivity index (χ1) is 9.81. The SMILES string of the molecule is Cn1cc(C(CN)Oc2ccc(F)c(C(F)(F)F)c2)cn1. The molecule has 0 spiro atoms. The van der Waals surface area contributed by atoms with Crippen molar-refractivity contribution in [3.63, 3.8) is 0 Å². The number of ether oxygens (including phenoxy) is 1. The molecule has 1 atom stereocenters. The summed E-state index contributed by atoms with van der Waals surface area (Å²) in [7, 11) is 1.69. The van der Waals surface area contributed by atoms with Gasteiger partial charge in [0, 0.05) is 25.4 Å². The topological polar surface area (TPSA) is 53.1 Å². The molecule has 0 saturated heterocycles. The number of aromatic nitrogens is 2. The molecule has 0 amide bonds. The van der Waals surface area contributed by atoms with E-state index in [9.17, 15) is 17.6 Å². The van der Waals surface area contributed by atoms with Gasteiger partial charge in [0.1, 0.15) is 17.7 Å². The summed E-state index contributed by atoms with van der Waals surface area (Å²) >= 11 is 0. The van der Waals surface area contributed by atoms with Crippen LogP contribution in [-0.2, 0) is 13.2 Å². The van der Waals surface area contributed by atoms with Gasteiger partial charge in [-0.15, -0.1) is 0 Å². The minimum Gasteiger partial charge on any atom is -0.484 e. The highest BCUT2D eigenvalue weighted by atomic mass is 19.4. The zero-order valence-electron chi connectivity index (χ0n) is 11.1. The second-order valence-electron chi connectivity index (χ2n) is 4.43. The van der Waals surface area contributed by atoms with Gasteiger partial charge in [-0.05, 0) is 18.2 Å². The number of alkyl halides is 3. The van der Waals surface area contributed by atoms with Crippen LogP contribution in [0.5, 0.6) is 5.75 Å². The van der Waals surface area contributed by atoms with E-state index < -0.39 is 23.7 Å². The molecule has 0 saturated carbocycles. The Morgan fingerprint density at radius 1 is 1.38 bits per heavy atom. The van der Waals surface area contributed by atoms with Gasteiger partial charge >= 0.3 is 6.18 Å². The molecule has 1 aromatic carbocycles. The van der Waals surface area contributed by atoms with Crippen LogP contribution in [0, 0.1) is 5.82 Å². The van der Waals surface area contributed by atoms with Gasteiger partial charge in [0.15, 0.2) is 0 Å². The number of aryl methyl sites for hydroxylation is 1. The molecular weight excluding hydrogens is 290 g/mol. The molecule has 0 radical (unpaired) electrons. The van der Waals surface area contributed by atoms with Crippen molar-refractivity contribution in [2.24, 2.45) is 12.8 Å². The smallest absolute Gasteiger partial charge is 0.419 e. The summed E-state index contributed by atoms with van der Waals surface area (Å²) in [5, 5.41) is 3.94. The molecule has 0 bridgehead atoms. The van der Waals surface area contributed by atoms with Gasteiger partial charge in [0.25, 0.3) is 0 Å². The average molecular weight is 303 g/mol. The summed E-state index contributed by atoms with van der Waals surface area (Å²) in [6, 6.07) is 2.47. The molecule has 4 nitrogen and oxygen atoms in total. The number of hydrogen-bond donors (Lipinski definition) is 1. The quantitative estimate of drug-likeness (QED) is 0.884. The third-order valence-electron chi connectivity index (χ3n) is 2.83. The Balaban J connectivity index is 2.26. The van der Waals surface area contributed by atoms with Crippen LogP contribution < -0.4 is 10.5 Å². The average Bonchev–Trinajstić information content (AvgIpc) is 2.83. The second kappa shape index (κ2) is 5.72.